The molecule has 0 atom stereocenters. The molecule has 90 valence electrons. The zero-order valence-corrected chi connectivity index (χ0v) is 10.6. The van der Waals surface area contributed by atoms with Crippen molar-refractivity contribution in [2.45, 2.75) is 6.54 Å². The van der Waals surface area contributed by atoms with Crippen molar-refractivity contribution >= 4 is 33.6 Å². The predicted molar refractivity (Wildman–Crippen MR) is 77.8 cm³/mol. The summed E-state index contributed by atoms with van der Waals surface area (Å²) in [5, 5.41) is 6.58. The minimum atomic E-state index is 0.715. The van der Waals surface area contributed by atoms with Crippen LogP contribution in [0.5, 0.6) is 0 Å². The van der Waals surface area contributed by atoms with Crippen LogP contribution in [0, 0.1) is 0 Å². The third-order valence-electron chi connectivity index (χ3n) is 2.83. The van der Waals surface area contributed by atoms with Crippen LogP contribution in [0.2, 0.25) is 0 Å². The van der Waals surface area contributed by atoms with Gasteiger partial charge < -0.3 is 11.1 Å². The van der Waals surface area contributed by atoms with Crippen molar-refractivity contribution < 1.29 is 0 Å². The highest BCUT2D eigenvalue weighted by Crippen LogP contribution is 2.27. The van der Waals surface area contributed by atoms with E-state index in [0.717, 1.165) is 23.1 Å². The van der Waals surface area contributed by atoms with Gasteiger partial charge in [0.15, 0.2) is 0 Å². The molecule has 0 fully saturated rings. The number of aromatic nitrogens is 1. The van der Waals surface area contributed by atoms with Gasteiger partial charge in [-0.25, -0.2) is 0 Å². The molecule has 0 radical (unpaired) electrons. The van der Waals surface area contributed by atoms with Gasteiger partial charge in [0.25, 0.3) is 0 Å². The molecule has 0 saturated heterocycles. The summed E-state index contributed by atoms with van der Waals surface area (Å²) in [6.45, 7) is 0.825. The largest absolute Gasteiger partial charge is 0.397 e. The van der Waals surface area contributed by atoms with Crippen molar-refractivity contribution in [2.75, 3.05) is 11.1 Å². The van der Waals surface area contributed by atoms with Crippen LogP contribution >= 0.6 is 11.3 Å². The van der Waals surface area contributed by atoms with Crippen LogP contribution in [0.1, 0.15) is 4.88 Å². The van der Waals surface area contributed by atoms with E-state index < -0.39 is 0 Å². The molecule has 0 amide bonds. The highest BCUT2D eigenvalue weighted by Gasteiger charge is 2.04. The summed E-state index contributed by atoms with van der Waals surface area (Å²) >= 11 is 1.75. The maximum absolute atomic E-state index is 5.93. The minimum absolute atomic E-state index is 0.715. The van der Waals surface area contributed by atoms with Crippen LogP contribution in [-0.2, 0) is 6.54 Å². The van der Waals surface area contributed by atoms with Gasteiger partial charge in [0, 0.05) is 28.7 Å². The van der Waals surface area contributed by atoms with Gasteiger partial charge in [0.1, 0.15) is 0 Å². The van der Waals surface area contributed by atoms with Gasteiger partial charge in [-0.15, -0.1) is 11.3 Å². The van der Waals surface area contributed by atoms with Gasteiger partial charge in [-0.3, -0.25) is 4.98 Å². The van der Waals surface area contributed by atoms with Gasteiger partial charge in [-0.05, 0) is 35.7 Å². The molecule has 2 aromatic heterocycles. The van der Waals surface area contributed by atoms with Crippen molar-refractivity contribution in [3.05, 3.63) is 52.9 Å². The maximum Gasteiger partial charge on any atom is 0.0951 e. The molecule has 1 aromatic carbocycles. The van der Waals surface area contributed by atoms with E-state index in [-0.39, 0.29) is 0 Å². The number of fused-ring (bicyclic) bond motifs is 1. The first-order valence-corrected chi connectivity index (χ1v) is 6.62. The van der Waals surface area contributed by atoms with E-state index in [2.05, 4.69) is 27.8 Å². The van der Waals surface area contributed by atoms with E-state index in [1.165, 1.54) is 4.88 Å². The number of hydrogen-bond donors (Lipinski definition) is 2. The first-order chi connectivity index (χ1) is 8.84. The molecule has 0 aliphatic carbocycles. The van der Waals surface area contributed by atoms with E-state index in [4.69, 9.17) is 5.73 Å². The fourth-order valence-corrected chi connectivity index (χ4v) is 2.59. The summed E-state index contributed by atoms with van der Waals surface area (Å²) in [5.41, 5.74) is 8.57. The molecule has 3 nitrogen and oxygen atoms in total. The first-order valence-electron chi connectivity index (χ1n) is 5.74. The monoisotopic (exact) mass is 255 g/mol. The molecule has 0 spiro atoms. The minimum Gasteiger partial charge on any atom is -0.397 e. The zero-order chi connectivity index (χ0) is 12.4. The molecule has 0 unspecified atom stereocenters. The number of nitrogens with one attached hydrogen (secondary N) is 1. The smallest absolute Gasteiger partial charge is 0.0951 e. The second kappa shape index (κ2) is 4.66. The lowest BCUT2D eigenvalue weighted by molar-refractivity contribution is 1.20. The topological polar surface area (TPSA) is 50.9 Å². The van der Waals surface area contributed by atoms with Crippen molar-refractivity contribution in [3.8, 4) is 0 Å². The van der Waals surface area contributed by atoms with Crippen LogP contribution in [-0.4, -0.2) is 4.98 Å². The number of nitrogen functional groups attached to an aromatic ring is 1. The number of nitrogens with zero attached hydrogens (tertiary/aromatic N) is 1. The zero-order valence-electron chi connectivity index (χ0n) is 9.76. The molecule has 3 N–H and O–H groups in total. The van der Waals surface area contributed by atoms with Crippen molar-refractivity contribution in [2.24, 2.45) is 0 Å². The van der Waals surface area contributed by atoms with Gasteiger partial charge in [-0.2, -0.15) is 0 Å². The number of benzene rings is 1. The van der Waals surface area contributed by atoms with E-state index in [9.17, 15) is 0 Å². The molecular weight excluding hydrogens is 242 g/mol. The Hall–Kier alpha value is -2.07. The fourth-order valence-electron chi connectivity index (χ4n) is 1.94. The quantitative estimate of drug-likeness (QED) is 0.704. The van der Waals surface area contributed by atoms with E-state index >= 15 is 0 Å². The Bertz CT molecular complexity index is 662. The fraction of sp³-hybridized carbons (Fsp3) is 0.0714. The Labute approximate surface area is 109 Å². The van der Waals surface area contributed by atoms with Gasteiger partial charge in [0.2, 0.25) is 0 Å². The Kier molecular flexibility index (Phi) is 2.86. The molecule has 0 aliphatic heterocycles. The Morgan fingerprint density at radius 2 is 2.11 bits per heavy atom. The second-order valence-electron chi connectivity index (χ2n) is 4.03. The highest BCUT2D eigenvalue weighted by molar-refractivity contribution is 7.09. The normalized spacial score (nSPS) is 10.7. The first kappa shape index (κ1) is 11.0. The number of anilines is 2. The third kappa shape index (κ3) is 2.02. The van der Waals surface area contributed by atoms with E-state index in [0.29, 0.717) is 5.69 Å². The van der Waals surface area contributed by atoms with Crippen LogP contribution in [0.15, 0.2) is 48.0 Å². The number of rotatable bonds is 3. The van der Waals surface area contributed by atoms with Crippen LogP contribution in [0.4, 0.5) is 11.4 Å². The molecule has 0 saturated carbocycles. The summed E-state index contributed by atoms with van der Waals surface area (Å²) in [6, 6.07) is 12.0. The van der Waals surface area contributed by atoms with E-state index in [1.54, 1.807) is 17.5 Å². The average Bonchev–Trinajstić information content (AvgIpc) is 2.92. The SMILES string of the molecule is Nc1ccc(NCc2cccs2)c2cccnc12. The molecular formula is C14H13N3S. The molecule has 2 heterocycles. The maximum atomic E-state index is 5.93. The molecule has 3 rings (SSSR count). The van der Waals surface area contributed by atoms with Crippen LogP contribution < -0.4 is 11.1 Å². The van der Waals surface area contributed by atoms with Gasteiger partial charge in [-0.1, -0.05) is 6.07 Å². The predicted octanol–water partition coefficient (Wildman–Crippen LogP) is 3.49. The Balaban J connectivity index is 1.94. The summed E-state index contributed by atoms with van der Waals surface area (Å²) in [5.74, 6) is 0. The number of thiophene rings is 1. The van der Waals surface area contributed by atoms with Crippen molar-refractivity contribution in [3.63, 3.8) is 0 Å². The van der Waals surface area contributed by atoms with E-state index in [1.807, 2.05) is 24.3 Å². The Morgan fingerprint density at radius 3 is 2.94 bits per heavy atom. The van der Waals surface area contributed by atoms with Gasteiger partial charge in [0.05, 0.1) is 11.2 Å². The lowest BCUT2D eigenvalue weighted by Crippen LogP contribution is -1.99. The molecule has 0 aliphatic rings. The summed E-state index contributed by atoms with van der Waals surface area (Å²) in [4.78, 5) is 5.63. The van der Waals surface area contributed by atoms with Crippen molar-refractivity contribution in [1.82, 2.24) is 4.98 Å². The third-order valence-corrected chi connectivity index (χ3v) is 3.71. The number of hydrogen-bond acceptors (Lipinski definition) is 4. The Morgan fingerprint density at radius 1 is 1.17 bits per heavy atom. The molecule has 4 heteroatoms. The molecule has 3 aromatic rings. The second-order valence-corrected chi connectivity index (χ2v) is 5.07. The molecule has 0 bridgehead atoms. The van der Waals surface area contributed by atoms with Crippen LogP contribution in [0.3, 0.4) is 0 Å². The summed E-state index contributed by atoms with van der Waals surface area (Å²) in [6.07, 6.45) is 1.77. The van der Waals surface area contributed by atoms with Gasteiger partial charge >= 0.3 is 0 Å². The summed E-state index contributed by atoms with van der Waals surface area (Å²) < 4.78 is 0. The lowest BCUT2D eigenvalue weighted by Gasteiger charge is -2.09. The standard InChI is InChI=1S/C14H13N3S/c15-12-5-6-13(11-4-1-7-16-14(11)12)17-9-10-3-2-8-18-10/h1-8,17H,9,15H2. The number of pyridine rings is 1. The lowest BCUT2D eigenvalue weighted by atomic mass is 10.1. The van der Waals surface area contributed by atoms with Crippen molar-refractivity contribution in [1.29, 1.82) is 0 Å². The number of nitrogens with two attached hydrogens (primary N) is 1. The highest BCUT2D eigenvalue weighted by atomic mass is 32.1. The van der Waals surface area contributed by atoms with Crippen LogP contribution in [0.25, 0.3) is 10.9 Å². The average molecular weight is 255 g/mol. The summed E-state index contributed by atoms with van der Waals surface area (Å²) in [7, 11) is 0. The molecule has 18 heavy (non-hydrogen) atoms.